The highest BCUT2D eigenvalue weighted by molar-refractivity contribution is 5.92. The number of benzene rings is 2. The van der Waals surface area contributed by atoms with Crippen LogP contribution in [0.3, 0.4) is 0 Å². The van der Waals surface area contributed by atoms with Crippen LogP contribution in [0.25, 0.3) is 10.9 Å². The molecule has 0 radical (unpaired) electrons. The minimum atomic E-state index is -0.0447. The van der Waals surface area contributed by atoms with Crippen LogP contribution in [0.2, 0.25) is 0 Å². The first-order valence-electron chi connectivity index (χ1n) is 6.73. The van der Waals surface area contributed by atoms with Gasteiger partial charge in [-0.1, -0.05) is 24.3 Å². The summed E-state index contributed by atoms with van der Waals surface area (Å²) in [5.41, 5.74) is 9.25. The summed E-state index contributed by atoms with van der Waals surface area (Å²) in [6.07, 6.45) is 1.74. The predicted octanol–water partition coefficient (Wildman–Crippen LogP) is 2.89. The van der Waals surface area contributed by atoms with Crippen LogP contribution < -0.4 is 10.5 Å². The van der Waals surface area contributed by atoms with Gasteiger partial charge < -0.3 is 15.6 Å². The molecule has 0 fully saturated rings. The monoisotopic (exact) mass is 280 g/mol. The Hall–Kier alpha value is -2.59. The van der Waals surface area contributed by atoms with E-state index in [9.17, 15) is 5.11 Å². The summed E-state index contributed by atoms with van der Waals surface area (Å²) in [7, 11) is 0. The molecule has 0 saturated carbocycles. The quantitative estimate of drug-likeness (QED) is 0.721. The lowest BCUT2D eigenvalue weighted by Crippen LogP contribution is -2.01. The number of anilines is 1. The average Bonchev–Trinajstić information content (AvgIpc) is 2.55. The first kappa shape index (κ1) is 13.4. The van der Waals surface area contributed by atoms with Crippen LogP contribution in [0.15, 0.2) is 54.7 Å². The maximum absolute atomic E-state index is 9.31. The number of rotatable bonds is 4. The molecule has 4 heteroatoms. The largest absolute Gasteiger partial charge is 0.488 e. The lowest BCUT2D eigenvalue weighted by atomic mass is 10.1. The second kappa shape index (κ2) is 5.81. The summed E-state index contributed by atoms with van der Waals surface area (Å²) in [4.78, 5) is 4.39. The molecule has 0 saturated heterocycles. The first-order chi connectivity index (χ1) is 10.3. The molecule has 2 aromatic carbocycles. The van der Waals surface area contributed by atoms with Crippen LogP contribution in [0.1, 0.15) is 11.1 Å². The minimum Gasteiger partial charge on any atom is -0.488 e. The number of aliphatic hydroxyl groups excluding tert-OH is 1. The van der Waals surface area contributed by atoms with Gasteiger partial charge in [-0.3, -0.25) is 4.98 Å². The van der Waals surface area contributed by atoms with Gasteiger partial charge in [-0.25, -0.2) is 0 Å². The number of ether oxygens (including phenoxy) is 1. The molecule has 3 N–H and O–H groups in total. The van der Waals surface area contributed by atoms with Crippen molar-refractivity contribution in [1.29, 1.82) is 0 Å². The highest BCUT2D eigenvalue weighted by Gasteiger charge is 2.07. The molecule has 0 bridgehead atoms. The Morgan fingerprint density at radius 3 is 2.71 bits per heavy atom. The normalized spacial score (nSPS) is 10.7. The fraction of sp³-hybridized carbons (Fsp3) is 0.118. The standard InChI is InChI=1S/C17H16N2O2/c18-15-8-7-13(17-14(15)5-3-9-19-17)11-21-16-6-2-1-4-12(16)10-20/h1-9,20H,10-11,18H2. The minimum absolute atomic E-state index is 0.0447. The third-order valence-electron chi connectivity index (χ3n) is 3.41. The van der Waals surface area contributed by atoms with Crippen LogP contribution in [0.4, 0.5) is 5.69 Å². The van der Waals surface area contributed by atoms with Crippen LogP contribution in [0, 0.1) is 0 Å². The first-order valence-corrected chi connectivity index (χ1v) is 6.73. The van der Waals surface area contributed by atoms with Gasteiger partial charge in [0.25, 0.3) is 0 Å². The molecule has 0 aliphatic rings. The summed E-state index contributed by atoms with van der Waals surface area (Å²) in [5.74, 6) is 0.681. The van der Waals surface area contributed by atoms with E-state index in [0.29, 0.717) is 18.0 Å². The van der Waals surface area contributed by atoms with Crippen LogP contribution in [-0.2, 0) is 13.2 Å². The number of hydrogen-bond donors (Lipinski definition) is 2. The number of nitrogen functional groups attached to an aromatic ring is 1. The Morgan fingerprint density at radius 2 is 1.86 bits per heavy atom. The van der Waals surface area contributed by atoms with E-state index in [1.54, 1.807) is 6.20 Å². The lowest BCUT2D eigenvalue weighted by Gasteiger charge is -2.12. The van der Waals surface area contributed by atoms with E-state index in [-0.39, 0.29) is 6.61 Å². The third-order valence-corrected chi connectivity index (χ3v) is 3.41. The average molecular weight is 280 g/mol. The van der Waals surface area contributed by atoms with Crippen LogP contribution in [0.5, 0.6) is 5.75 Å². The van der Waals surface area contributed by atoms with Crippen molar-refractivity contribution in [1.82, 2.24) is 4.98 Å². The van der Waals surface area contributed by atoms with Gasteiger partial charge in [0.1, 0.15) is 12.4 Å². The van der Waals surface area contributed by atoms with E-state index >= 15 is 0 Å². The van der Waals surface area contributed by atoms with Gasteiger partial charge in [-0.2, -0.15) is 0 Å². The maximum Gasteiger partial charge on any atom is 0.125 e. The molecule has 1 heterocycles. The summed E-state index contributed by atoms with van der Waals surface area (Å²) in [6.45, 7) is 0.335. The molecule has 0 amide bonds. The van der Waals surface area contributed by atoms with E-state index < -0.39 is 0 Å². The van der Waals surface area contributed by atoms with E-state index in [1.807, 2.05) is 48.5 Å². The van der Waals surface area contributed by atoms with Crippen molar-refractivity contribution in [3.05, 3.63) is 65.9 Å². The molecular formula is C17H16N2O2. The fourth-order valence-corrected chi connectivity index (χ4v) is 2.30. The highest BCUT2D eigenvalue weighted by atomic mass is 16.5. The molecule has 4 nitrogen and oxygen atoms in total. The molecule has 0 aliphatic heterocycles. The van der Waals surface area contributed by atoms with Crippen molar-refractivity contribution < 1.29 is 9.84 Å². The van der Waals surface area contributed by atoms with Gasteiger partial charge in [-0.05, 0) is 24.3 Å². The molecular weight excluding hydrogens is 264 g/mol. The number of hydrogen-bond acceptors (Lipinski definition) is 4. The molecule has 1 aromatic heterocycles. The van der Waals surface area contributed by atoms with Crippen molar-refractivity contribution in [2.45, 2.75) is 13.2 Å². The fourth-order valence-electron chi connectivity index (χ4n) is 2.30. The summed E-state index contributed by atoms with van der Waals surface area (Å²) >= 11 is 0. The molecule has 3 rings (SSSR count). The van der Waals surface area contributed by atoms with E-state index in [4.69, 9.17) is 10.5 Å². The Kier molecular flexibility index (Phi) is 3.71. The van der Waals surface area contributed by atoms with Crippen LogP contribution in [-0.4, -0.2) is 10.1 Å². The van der Waals surface area contributed by atoms with E-state index in [1.165, 1.54) is 0 Å². The number of aliphatic hydroxyl groups is 1. The zero-order chi connectivity index (χ0) is 14.7. The zero-order valence-electron chi connectivity index (χ0n) is 11.5. The molecule has 0 atom stereocenters. The number of fused-ring (bicyclic) bond motifs is 1. The van der Waals surface area contributed by atoms with Crippen molar-refractivity contribution >= 4 is 16.6 Å². The molecule has 3 aromatic rings. The number of nitrogens with two attached hydrogens (primary N) is 1. The van der Waals surface area contributed by atoms with Gasteiger partial charge >= 0.3 is 0 Å². The summed E-state index contributed by atoms with van der Waals surface area (Å²) in [6, 6.07) is 15.0. The zero-order valence-corrected chi connectivity index (χ0v) is 11.5. The summed E-state index contributed by atoms with van der Waals surface area (Å²) < 4.78 is 5.82. The van der Waals surface area contributed by atoms with E-state index in [2.05, 4.69) is 4.98 Å². The number of aromatic nitrogens is 1. The van der Waals surface area contributed by atoms with Gasteiger partial charge in [0.05, 0.1) is 12.1 Å². The number of pyridine rings is 1. The molecule has 0 spiro atoms. The van der Waals surface area contributed by atoms with Gasteiger partial charge in [0, 0.05) is 28.4 Å². The number of nitrogens with zero attached hydrogens (tertiary/aromatic N) is 1. The SMILES string of the molecule is Nc1ccc(COc2ccccc2CO)c2ncccc12. The van der Waals surface area contributed by atoms with Gasteiger partial charge in [0.2, 0.25) is 0 Å². The summed E-state index contributed by atoms with van der Waals surface area (Å²) in [5, 5.41) is 10.2. The van der Waals surface area contributed by atoms with E-state index in [0.717, 1.165) is 22.0 Å². The maximum atomic E-state index is 9.31. The second-order valence-electron chi connectivity index (χ2n) is 4.77. The Morgan fingerprint density at radius 1 is 1.00 bits per heavy atom. The van der Waals surface area contributed by atoms with Gasteiger partial charge in [-0.15, -0.1) is 0 Å². The van der Waals surface area contributed by atoms with Crippen molar-refractivity contribution in [2.24, 2.45) is 0 Å². The Balaban J connectivity index is 1.91. The Bertz CT molecular complexity index is 772. The Labute approximate surface area is 122 Å². The number of para-hydroxylation sites is 1. The highest BCUT2D eigenvalue weighted by Crippen LogP contribution is 2.25. The predicted molar refractivity (Wildman–Crippen MR) is 82.9 cm³/mol. The third kappa shape index (κ3) is 2.66. The molecule has 0 unspecified atom stereocenters. The van der Waals surface area contributed by atoms with Gasteiger partial charge in [0.15, 0.2) is 0 Å². The van der Waals surface area contributed by atoms with Crippen molar-refractivity contribution in [3.63, 3.8) is 0 Å². The van der Waals surface area contributed by atoms with Crippen molar-refractivity contribution in [2.75, 3.05) is 5.73 Å². The second-order valence-corrected chi connectivity index (χ2v) is 4.77. The molecule has 0 aliphatic carbocycles. The topological polar surface area (TPSA) is 68.4 Å². The van der Waals surface area contributed by atoms with Crippen LogP contribution >= 0.6 is 0 Å². The van der Waals surface area contributed by atoms with Crippen molar-refractivity contribution in [3.8, 4) is 5.75 Å². The lowest BCUT2D eigenvalue weighted by molar-refractivity contribution is 0.259. The molecule has 106 valence electrons. The molecule has 21 heavy (non-hydrogen) atoms. The smallest absolute Gasteiger partial charge is 0.125 e.